The highest BCUT2D eigenvalue weighted by molar-refractivity contribution is 7.88. The average molecular weight is 672 g/mol. The van der Waals surface area contributed by atoms with Crippen LogP contribution in [0.15, 0.2) is 42.5 Å². The van der Waals surface area contributed by atoms with Gasteiger partial charge in [-0.05, 0) is 55.5 Å². The molecule has 2 aliphatic heterocycles. The number of ether oxygens (including phenoxy) is 1. The highest BCUT2D eigenvalue weighted by Gasteiger charge is 2.38. The summed E-state index contributed by atoms with van der Waals surface area (Å²) < 4.78 is 113. The number of carbonyl (C=O) groups is 1. The van der Waals surface area contributed by atoms with Crippen molar-refractivity contribution >= 4 is 21.9 Å². The highest BCUT2D eigenvalue weighted by atomic mass is 32.2. The number of piperidine rings is 1. The molecule has 16 heteroatoms. The summed E-state index contributed by atoms with van der Waals surface area (Å²) in [6, 6.07) is 8.08. The van der Waals surface area contributed by atoms with Crippen LogP contribution >= 0.6 is 0 Å². The second kappa shape index (κ2) is 12.7. The van der Waals surface area contributed by atoms with Crippen molar-refractivity contribution in [3.63, 3.8) is 0 Å². The Balaban J connectivity index is 1.55. The first-order valence-electron chi connectivity index (χ1n) is 14.4. The van der Waals surface area contributed by atoms with E-state index in [0.29, 0.717) is 43.6 Å². The zero-order valence-electron chi connectivity index (χ0n) is 24.9. The van der Waals surface area contributed by atoms with Crippen molar-refractivity contribution in [3.05, 3.63) is 70.3 Å². The van der Waals surface area contributed by atoms with Crippen molar-refractivity contribution in [1.29, 1.82) is 0 Å². The van der Waals surface area contributed by atoms with Crippen LogP contribution < -0.4 is 14.4 Å². The van der Waals surface area contributed by atoms with Gasteiger partial charge in [0, 0.05) is 37.8 Å². The van der Waals surface area contributed by atoms with Gasteiger partial charge in [-0.15, -0.1) is 0 Å². The number of hydrogen-bond donors (Lipinski definition) is 1. The molecule has 2 aliphatic rings. The Morgan fingerprint density at radius 1 is 0.957 bits per heavy atom. The van der Waals surface area contributed by atoms with Crippen LogP contribution in [0.4, 0.5) is 32.3 Å². The lowest BCUT2D eigenvalue weighted by Crippen LogP contribution is -2.45. The third-order valence-electron chi connectivity index (χ3n) is 7.76. The first-order chi connectivity index (χ1) is 21.5. The Morgan fingerprint density at radius 3 is 2.17 bits per heavy atom. The maximum absolute atomic E-state index is 14.2. The second-order valence-corrected chi connectivity index (χ2v) is 13.1. The minimum Gasteiger partial charge on any atom is -0.477 e. The Morgan fingerprint density at radius 2 is 1.59 bits per heavy atom. The van der Waals surface area contributed by atoms with E-state index in [2.05, 4.69) is 9.71 Å². The van der Waals surface area contributed by atoms with Gasteiger partial charge in [-0.1, -0.05) is 24.3 Å². The van der Waals surface area contributed by atoms with E-state index in [1.807, 2.05) is 4.90 Å². The zero-order chi connectivity index (χ0) is 33.4. The first kappa shape index (κ1) is 33.4. The van der Waals surface area contributed by atoms with Crippen LogP contribution in [0.1, 0.15) is 51.9 Å². The largest absolute Gasteiger partial charge is 0.477 e. The minimum absolute atomic E-state index is 0.00825. The number of alkyl halides is 6. The van der Waals surface area contributed by atoms with Crippen LogP contribution in [-0.4, -0.2) is 67.7 Å². The summed E-state index contributed by atoms with van der Waals surface area (Å²) in [4.78, 5) is 26.5. The summed E-state index contributed by atoms with van der Waals surface area (Å²) in [6.45, 7) is 2.13. The number of anilines is 1. The van der Waals surface area contributed by atoms with Crippen LogP contribution in [0.3, 0.4) is 0 Å². The Hall–Kier alpha value is -3.92. The molecule has 3 heterocycles. The number of nitrogens with zero attached hydrogens (tertiary/aromatic N) is 4. The number of fused-ring (bicyclic) bond motifs is 1. The maximum Gasteiger partial charge on any atom is 0.416 e. The molecule has 0 radical (unpaired) electrons. The molecule has 248 valence electrons. The molecule has 1 aromatic heterocycles. The summed E-state index contributed by atoms with van der Waals surface area (Å²) in [5.74, 6) is -0.529. The lowest BCUT2D eigenvalue weighted by atomic mass is 10.00. The molecular weight excluding hydrogens is 640 g/mol. The quantitative estimate of drug-likeness (QED) is 0.349. The topological polar surface area (TPSA) is 105 Å². The molecule has 0 bridgehead atoms. The first-order valence-corrected chi connectivity index (χ1v) is 16.3. The van der Waals surface area contributed by atoms with Gasteiger partial charge in [0.2, 0.25) is 21.9 Å². The number of aryl methyl sites for hydroxylation is 1. The van der Waals surface area contributed by atoms with Gasteiger partial charge in [-0.25, -0.2) is 18.1 Å². The van der Waals surface area contributed by atoms with Gasteiger partial charge in [0.25, 0.3) is 5.91 Å². The predicted octanol–water partition coefficient (Wildman–Crippen LogP) is 5.43. The normalized spacial score (nSPS) is 16.9. The van der Waals surface area contributed by atoms with E-state index in [-0.39, 0.29) is 60.3 Å². The number of sulfonamides is 1. The molecule has 1 amide bonds. The van der Waals surface area contributed by atoms with Crippen LogP contribution in [0.2, 0.25) is 0 Å². The summed E-state index contributed by atoms with van der Waals surface area (Å²) in [5.41, 5.74) is -1.82. The van der Waals surface area contributed by atoms with Crippen LogP contribution in [-0.2, 0) is 28.9 Å². The zero-order valence-corrected chi connectivity index (χ0v) is 25.7. The molecule has 5 rings (SSSR count). The van der Waals surface area contributed by atoms with Crippen molar-refractivity contribution in [2.45, 2.75) is 51.1 Å². The molecular formula is C30H31F6N5O4S. The van der Waals surface area contributed by atoms with Crippen molar-refractivity contribution < 1.29 is 44.3 Å². The third-order valence-corrected chi connectivity index (χ3v) is 8.52. The minimum atomic E-state index is -5.03. The van der Waals surface area contributed by atoms with Crippen LogP contribution in [0.5, 0.6) is 5.88 Å². The number of benzene rings is 2. The third kappa shape index (κ3) is 7.71. The Kier molecular flexibility index (Phi) is 9.23. The molecule has 0 spiro atoms. The van der Waals surface area contributed by atoms with E-state index in [1.54, 1.807) is 31.2 Å². The molecule has 1 fully saturated rings. The van der Waals surface area contributed by atoms with E-state index in [4.69, 9.17) is 9.72 Å². The maximum atomic E-state index is 14.2. The number of carbonyl (C=O) groups excluding carboxylic acids is 1. The molecule has 0 aliphatic carbocycles. The van der Waals surface area contributed by atoms with E-state index in [1.165, 1.54) is 4.90 Å². The van der Waals surface area contributed by atoms with E-state index in [0.717, 1.165) is 11.8 Å². The molecule has 0 atom stereocenters. The van der Waals surface area contributed by atoms with Crippen molar-refractivity contribution in [2.24, 2.45) is 0 Å². The van der Waals surface area contributed by atoms with Crippen LogP contribution in [0.25, 0.3) is 11.3 Å². The standard InChI is InChI=1S/C30H31F6N5O4S/c1-18-6-3-4-7-23(18)25-24-26(38-28(37-25)40-11-8-22(9-12-40)39-46(2,43)44)45-13-5-10-41(27(24)42)17-19-14-20(29(31,32)33)16-21(15-19)30(34,35)36/h3-4,6-7,14-16,22,39H,5,8-13,17H2,1-2H3. The van der Waals surface area contributed by atoms with Gasteiger partial charge in [-0.3, -0.25) is 4.79 Å². The SMILES string of the molecule is Cc1ccccc1-c1nc(N2CCC(NS(C)(=O)=O)CC2)nc2c1C(=O)N(Cc1cc(C(F)(F)F)cc(C(F)(F)F)c1)CCCO2. The summed E-state index contributed by atoms with van der Waals surface area (Å²) in [5, 5.41) is 0. The van der Waals surface area contributed by atoms with Gasteiger partial charge >= 0.3 is 12.4 Å². The predicted molar refractivity (Wildman–Crippen MR) is 157 cm³/mol. The van der Waals surface area contributed by atoms with Crippen molar-refractivity contribution in [3.8, 4) is 17.1 Å². The van der Waals surface area contributed by atoms with Gasteiger partial charge in [0.05, 0.1) is 29.7 Å². The van der Waals surface area contributed by atoms with Gasteiger partial charge in [0.1, 0.15) is 5.56 Å². The van der Waals surface area contributed by atoms with E-state index < -0.39 is 46.0 Å². The lowest BCUT2D eigenvalue weighted by molar-refractivity contribution is -0.143. The van der Waals surface area contributed by atoms with Crippen LogP contribution in [0, 0.1) is 6.92 Å². The van der Waals surface area contributed by atoms with Crippen molar-refractivity contribution in [1.82, 2.24) is 19.6 Å². The molecule has 3 aromatic rings. The van der Waals surface area contributed by atoms with E-state index in [9.17, 15) is 39.6 Å². The van der Waals surface area contributed by atoms with E-state index >= 15 is 0 Å². The fraction of sp³-hybridized carbons (Fsp3) is 0.433. The fourth-order valence-electron chi connectivity index (χ4n) is 5.57. The average Bonchev–Trinajstić information content (AvgIpc) is 2.96. The molecule has 1 saturated heterocycles. The Bertz CT molecular complexity index is 1690. The molecule has 0 unspecified atom stereocenters. The molecule has 46 heavy (non-hydrogen) atoms. The van der Waals surface area contributed by atoms with Gasteiger partial charge in [-0.2, -0.15) is 31.3 Å². The lowest BCUT2D eigenvalue weighted by Gasteiger charge is -2.33. The number of amides is 1. The Labute approximate surface area is 261 Å². The highest BCUT2D eigenvalue weighted by Crippen LogP contribution is 2.38. The number of halogens is 6. The molecule has 1 N–H and O–H groups in total. The molecule has 0 saturated carbocycles. The number of rotatable bonds is 6. The summed E-state index contributed by atoms with van der Waals surface area (Å²) >= 11 is 0. The van der Waals surface area contributed by atoms with Gasteiger partial charge in [0.15, 0.2) is 0 Å². The fourth-order valence-corrected chi connectivity index (χ4v) is 6.41. The smallest absolute Gasteiger partial charge is 0.416 e. The summed E-state index contributed by atoms with van der Waals surface area (Å²) in [6.07, 6.45) is -7.80. The van der Waals surface area contributed by atoms with Gasteiger partial charge < -0.3 is 14.5 Å². The number of aromatic nitrogens is 2. The second-order valence-electron chi connectivity index (χ2n) is 11.4. The van der Waals surface area contributed by atoms with Crippen molar-refractivity contribution in [2.75, 3.05) is 37.4 Å². The number of hydrogen-bond acceptors (Lipinski definition) is 7. The molecule has 9 nitrogen and oxygen atoms in total. The summed E-state index contributed by atoms with van der Waals surface area (Å²) in [7, 11) is -3.40. The monoisotopic (exact) mass is 671 g/mol. The molecule has 2 aromatic carbocycles. The number of nitrogens with one attached hydrogen (secondary N) is 1.